The molecular formula is C22H24O7. The van der Waals surface area contributed by atoms with Crippen molar-refractivity contribution in [2.24, 2.45) is 0 Å². The van der Waals surface area contributed by atoms with Crippen LogP contribution in [-0.4, -0.2) is 51.2 Å². The molecule has 0 amide bonds. The van der Waals surface area contributed by atoms with Crippen molar-refractivity contribution in [2.45, 2.75) is 37.5 Å². The summed E-state index contributed by atoms with van der Waals surface area (Å²) in [4.78, 5) is 13.1. The maximum absolute atomic E-state index is 13.1. The fourth-order valence-electron chi connectivity index (χ4n) is 3.47. The molecule has 2 saturated heterocycles. The van der Waals surface area contributed by atoms with E-state index in [1.165, 1.54) is 7.11 Å². The van der Waals surface area contributed by atoms with Crippen LogP contribution in [-0.2, 0) is 35.1 Å². The van der Waals surface area contributed by atoms with Gasteiger partial charge in [-0.15, -0.1) is 0 Å². The van der Waals surface area contributed by atoms with E-state index >= 15 is 0 Å². The zero-order valence-corrected chi connectivity index (χ0v) is 16.4. The second-order valence-corrected chi connectivity index (χ2v) is 6.89. The summed E-state index contributed by atoms with van der Waals surface area (Å²) in [5, 5.41) is 0. The van der Waals surface area contributed by atoms with Gasteiger partial charge >= 0.3 is 0 Å². The first kappa shape index (κ1) is 20.0. The lowest BCUT2D eigenvalue weighted by atomic mass is 9.99. The number of carbonyl (C=O) groups excluding carboxylic acids is 1. The fraction of sp³-hybridized carbons (Fsp3) is 0.409. The lowest BCUT2D eigenvalue weighted by Crippen LogP contribution is -2.60. The second kappa shape index (κ2) is 9.02. The van der Waals surface area contributed by atoms with Crippen LogP contribution in [0.25, 0.3) is 0 Å². The summed E-state index contributed by atoms with van der Waals surface area (Å²) >= 11 is 0. The molecular weight excluding hydrogens is 376 g/mol. The Balaban J connectivity index is 1.46. The van der Waals surface area contributed by atoms with Gasteiger partial charge in [-0.05, 0) is 17.7 Å². The summed E-state index contributed by atoms with van der Waals surface area (Å²) in [6.07, 6.45) is -3.68. The molecule has 0 radical (unpaired) electrons. The van der Waals surface area contributed by atoms with Gasteiger partial charge < -0.3 is 28.4 Å². The Kier molecular flexibility index (Phi) is 6.22. The topological polar surface area (TPSA) is 72.5 Å². The van der Waals surface area contributed by atoms with Crippen LogP contribution in [0.1, 0.15) is 17.4 Å². The average Bonchev–Trinajstić information content (AvgIpc) is 2.79. The number of hydrogen-bond donors (Lipinski definition) is 0. The Hall–Kier alpha value is -2.29. The van der Waals surface area contributed by atoms with E-state index in [4.69, 9.17) is 28.4 Å². The summed E-state index contributed by atoms with van der Waals surface area (Å²) in [6.45, 7) is 0.495. The SMILES string of the molecule is COc1ccc(C2OC[C@H]3O[C@H](OC)[C@H](OCc4ccccc4)C(=O)[C@@H]3O2)cc1. The molecule has 7 nitrogen and oxygen atoms in total. The van der Waals surface area contributed by atoms with E-state index in [1.807, 2.05) is 54.6 Å². The summed E-state index contributed by atoms with van der Waals surface area (Å²) < 4.78 is 34.0. The van der Waals surface area contributed by atoms with Crippen molar-refractivity contribution in [1.29, 1.82) is 0 Å². The maximum atomic E-state index is 13.1. The van der Waals surface area contributed by atoms with Crippen LogP contribution in [0.5, 0.6) is 5.75 Å². The third-order valence-corrected chi connectivity index (χ3v) is 5.03. The third kappa shape index (κ3) is 4.34. The van der Waals surface area contributed by atoms with Crippen molar-refractivity contribution in [3.63, 3.8) is 0 Å². The zero-order chi connectivity index (χ0) is 20.2. The molecule has 2 fully saturated rings. The van der Waals surface area contributed by atoms with Crippen molar-refractivity contribution >= 4 is 5.78 Å². The molecule has 154 valence electrons. The molecule has 0 N–H and O–H groups in total. The Morgan fingerprint density at radius 3 is 2.45 bits per heavy atom. The van der Waals surface area contributed by atoms with E-state index in [0.717, 1.165) is 16.9 Å². The van der Waals surface area contributed by atoms with Crippen LogP contribution >= 0.6 is 0 Å². The number of benzene rings is 2. The second-order valence-electron chi connectivity index (χ2n) is 6.89. The Bertz CT molecular complexity index is 808. The summed E-state index contributed by atoms with van der Waals surface area (Å²) in [7, 11) is 3.09. The number of hydrogen-bond acceptors (Lipinski definition) is 7. The molecule has 0 aliphatic carbocycles. The molecule has 2 aromatic carbocycles. The van der Waals surface area contributed by atoms with E-state index in [2.05, 4.69) is 0 Å². The maximum Gasteiger partial charge on any atom is 0.198 e. The molecule has 7 heteroatoms. The standard InChI is InChI=1S/C22H24O7/c1-24-16-10-8-15(9-11-16)21-27-13-17-19(29-21)18(23)20(22(25-2)28-17)26-12-14-6-4-3-5-7-14/h3-11,17,19-22H,12-13H2,1-2H3/t17-,19-,20-,21?,22+/m1/s1. The van der Waals surface area contributed by atoms with Gasteiger partial charge in [0.2, 0.25) is 0 Å². The molecule has 29 heavy (non-hydrogen) atoms. The number of fused-ring (bicyclic) bond motifs is 1. The van der Waals surface area contributed by atoms with Crippen LogP contribution in [0.2, 0.25) is 0 Å². The summed E-state index contributed by atoms with van der Waals surface area (Å²) in [5.41, 5.74) is 1.76. The van der Waals surface area contributed by atoms with Crippen molar-refractivity contribution in [3.8, 4) is 5.75 Å². The Morgan fingerprint density at radius 2 is 1.76 bits per heavy atom. The van der Waals surface area contributed by atoms with Gasteiger partial charge in [0.15, 0.2) is 30.6 Å². The normalized spacial score (nSPS) is 29.3. The number of rotatable bonds is 6. The van der Waals surface area contributed by atoms with Gasteiger partial charge in [-0.3, -0.25) is 4.79 Å². The highest BCUT2D eigenvalue weighted by atomic mass is 16.8. The van der Waals surface area contributed by atoms with Gasteiger partial charge in [0.1, 0.15) is 11.9 Å². The zero-order valence-electron chi connectivity index (χ0n) is 16.4. The molecule has 0 aromatic heterocycles. The molecule has 0 spiro atoms. The highest BCUT2D eigenvalue weighted by Gasteiger charge is 2.50. The molecule has 2 heterocycles. The van der Waals surface area contributed by atoms with Gasteiger partial charge in [-0.25, -0.2) is 0 Å². The van der Waals surface area contributed by atoms with Gasteiger partial charge in [0, 0.05) is 12.7 Å². The van der Waals surface area contributed by atoms with E-state index in [1.54, 1.807) is 7.11 Å². The number of ether oxygens (including phenoxy) is 6. The van der Waals surface area contributed by atoms with Crippen molar-refractivity contribution in [2.75, 3.05) is 20.8 Å². The predicted molar refractivity (Wildman–Crippen MR) is 102 cm³/mol. The highest BCUT2D eigenvalue weighted by molar-refractivity contribution is 5.89. The molecule has 2 aromatic rings. The number of ketones is 1. The number of methoxy groups -OCH3 is 2. The van der Waals surface area contributed by atoms with Gasteiger partial charge in [0.05, 0.1) is 20.3 Å². The van der Waals surface area contributed by atoms with E-state index in [-0.39, 0.29) is 19.0 Å². The van der Waals surface area contributed by atoms with E-state index in [0.29, 0.717) is 0 Å². The first-order valence-corrected chi connectivity index (χ1v) is 9.48. The van der Waals surface area contributed by atoms with Gasteiger partial charge in [0.25, 0.3) is 0 Å². The third-order valence-electron chi connectivity index (χ3n) is 5.03. The predicted octanol–water partition coefficient (Wildman–Crippen LogP) is 2.64. The largest absolute Gasteiger partial charge is 0.497 e. The quantitative estimate of drug-likeness (QED) is 0.738. The summed E-state index contributed by atoms with van der Waals surface area (Å²) in [6, 6.07) is 17.0. The van der Waals surface area contributed by atoms with Crippen LogP contribution in [0.15, 0.2) is 54.6 Å². The lowest BCUT2D eigenvalue weighted by Gasteiger charge is -2.43. The van der Waals surface area contributed by atoms with Crippen molar-refractivity contribution < 1.29 is 33.2 Å². The van der Waals surface area contributed by atoms with Crippen LogP contribution < -0.4 is 4.74 Å². The van der Waals surface area contributed by atoms with E-state index < -0.39 is 30.9 Å². The molecule has 0 bridgehead atoms. The molecule has 2 aliphatic rings. The monoisotopic (exact) mass is 400 g/mol. The Labute approximate surface area is 169 Å². The molecule has 5 atom stereocenters. The van der Waals surface area contributed by atoms with Crippen molar-refractivity contribution in [1.82, 2.24) is 0 Å². The molecule has 1 unspecified atom stereocenters. The minimum absolute atomic E-state index is 0.203. The summed E-state index contributed by atoms with van der Waals surface area (Å²) in [5.74, 6) is 0.530. The molecule has 4 rings (SSSR count). The molecule has 2 aliphatic heterocycles. The number of Topliss-reactive ketones (excluding diaryl/α,β-unsaturated/α-hetero) is 1. The van der Waals surface area contributed by atoms with Gasteiger partial charge in [-0.1, -0.05) is 42.5 Å². The highest BCUT2D eigenvalue weighted by Crippen LogP contribution is 2.34. The fourth-order valence-corrected chi connectivity index (χ4v) is 3.47. The van der Waals surface area contributed by atoms with Crippen molar-refractivity contribution in [3.05, 3.63) is 65.7 Å². The molecule has 0 saturated carbocycles. The van der Waals surface area contributed by atoms with Crippen LogP contribution in [0, 0.1) is 0 Å². The lowest BCUT2D eigenvalue weighted by molar-refractivity contribution is -0.318. The van der Waals surface area contributed by atoms with Gasteiger partial charge in [-0.2, -0.15) is 0 Å². The number of carbonyl (C=O) groups is 1. The minimum atomic E-state index is -0.879. The first-order valence-electron chi connectivity index (χ1n) is 9.48. The van der Waals surface area contributed by atoms with E-state index in [9.17, 15) is 4.79 Å². The van der Waals surface area contributed by atoms with Crippen LogP contribution in [0.4, 0.5) is 0 Å². The minimum Gasteiger partial charge on any atom is -0.497 e. The first-order chi connectivity index (χ1) is 14.2. The average molecular weight is 400 g/mol. The van der Waals surface area contributed by atoms with Crippen LogP contribution in [0.3, 0.4) is 0 Å². The smallest absolute Gasteiger partial charge is 0.198 e. The Morgan fingerprint density at radius 1 is 1.00 bits per heavy atom.